The molecule has 4 rings (SSSR count). The van der Waals surface area contributed by atoms with E-state index in [0.29, 0.717) is 49.7 Å². The maximum atomic E-state index is 12.9. The zero-order valence-electron chi connectivity index (χ0n) is 15.4. The molecule has 0 aromatic carbocycles. The lowest BCUT2D eigenvalue weighted by molar-refractivity contribution is -0.120. The van der Waals surface area contributed by atoms with Gasteiger partial charge in [-0.2, -0.15) is 4.36 Å². The summed E-state index contributed by atoms with van der Waals surface area (Å²) in [5, 5.41) is 15.8. The van der Waals surface area contributed by atoms with E-state index in [1.165, 1.54) is 4.63 Å². The molecule has 0 bridgehead atoms. The molecule has 27 heavy (non-hydrogen) atoms. The molecule has 2 saturated heterocycles. The van der Waals surface area contributed by atoms with Crippen LogP contribution in [0.4, 0.5) is 5.82 Å². The van der Waals surface area contributed by atoms with Crippen molar-refractivity contribution < 1.29 is 13.7 Å². The highest BCUT2D eigenvalue weighted by Crippen LogP contribution is 2.33. The van der Waals surface area contributed by atoms with Crippen molar-refractivity contribution in [2.45, 2.75) is 32.3 Å². The summed E-state index contributed by atoms with van der Waals surface area (Å²) in [6, 6.07) is 3.72. The largest absolute Gasteiger partial charge is 0.371 e. The maximum Gasteiger partial charge on any atom is 0.256 e. The van der Waals surface area contributed by atoms with Gasteiger partial charge in [0.2, 0.25) is 0 Å². The highest BCUT2D eigenvalue weighted by molar-refractivity contribution is 7.93. The first kappa shape index (κ1) is 18.2. The lowest BCUT2D eigenvalue weighted by atomic mass is 9.94. The number of hydrogen-bond acceptors (Lipinski definition) is 8. The molecular weight excluding hydrogens is 370 g/mol. The maximum absolute atomic E-state index is 12.9. The summed E-state index contributed by atoms with van der Waals surface area (Å²) < 4.78 is 24.5. The molecule has 0 atom stereocenters. The predicted octanol–water partition coefficient (Wildman–Crippen LogP) is 0.539. The van der Waals surface area contributed by atoms with Crippen LogP contribution in [0.2, 0.25) is 0 Å². The van der Waals surface area contributed by atoms with Crippen LogP contribution in [-0.4, -0.2) is 72.2 Å². The smallest absolute Gasteiger partial charge is 0.256 e. The van der Waals surface area contributed by atoms with Gasteiger partial charge in [0.05, 0.1) is 21.9 Å². The molecule has 2 aliphatic heterocycles. The molecule has 4 heterocycles. The van der Waals surface area contributed by atoms with Crippen molar-refractivity contribution in [3.05, 3.63) is 12.1 Å². The summed E-state index contributed by atoms with van der Waals surface area (Å²) in [6.07, 6.45) is 1.23. The number of carbonyl (C=O) groups excluding carboxylic acids is 1. The SMILES string of the molecule is CC(C)C(=O)N=S1(=O)CCC2(CC1)CN(c1ccc3nnnn3n1)CCO2. The van der Waals surface area contributed by atoms with Gasteiger partial charge in [-0.05, 0) is 35.4 Å². The lowest BCUT2D eigenvalue weighted by Gasteiger charge is -2.45. The summed E-state index contributed by atoms with van der Waals surface area (Å²) in [7, 11) is -2.48. The molecule has 2 aliphatic rings. The number of ether oxygens (including phenoxy) is 1. The van der Waals surface area contributed by atoms with Gasteiger partial charge in [-0.15, -0.1) is 14.8 Å². The van der Waals surface area contributed by atoms with E-state index in [2.05, 4.69) is 29.9 Å². The van der Waals surface area contributed by atoms with Gasteiger partial charge in [-0.1, -0.05) is 13.8 Å². The van der Waals surface area contributed by atoms with E-state index in [9.17, 15) is 9.00 Å². The summed E-state index contributed by atoms with van der Waals surface area (Å²) in [5.74, 6) is 1.05. The first-order valence-electron chi connectivity index (χ1n) is 9.09. The van der Waals surface area contributed by atoms with E-state index >= 15 is 0 Å². The predicted molar refractivity (Wildman–Crippen MR) is 98.9 cm³/mol. The molecule has 0 saturated carbocycles. The van der Waals surface area contributed by atoms with Crippen LogP contribution in [0.3, 0.4) is 0 Å². The van der Waals surface area contributed by atoms with Crippen LogP contribution >= 0.6 is 0 Å². The molecule has 10 nitrogen and oxygen atoms in total. The van der Waals surface area contributed by atoms with E-state index in [4.69, 9.17) is 4.74 Å². The van der Waals surface area contributed by atoms with Gasteiger partial charge >= 0.3 is 0 Å². The number of anilines is 1. The Morgan fingerprint density at radius 1 is 1.33 bits per heavy atom. The summed E-state index contributed by atoms with van der Waals surface area (Å²) in [5.41, 5.74) is 0.211. The lowest BCUT2D eigenvalue weighted by Crippen LogP contribution is -2.55. The van der Waals surface area contributed by atoms with Gasteiger partial charge in [0, 0.05) is 30.5 Å². The molecule has 1 spiro atoms. The number of carbonyl (C=O) groups is 1. The van der Waals surface area contributed by atoms with Crippen LogP contribution in [0, 0.1) is 5.92 Å². The Hall–Kier alpha value is -2.14. The highest BCUT2D eigenvalue weighted by atomic mass is 32.2. The minimum Gasteiger partial charge on any atom is -0.371 e. The van der Waals surface area contributed by atoms with E-state index in [0.717, 1.165) is 5.82 Å². The van der Waals surface area contributed by atoms with Crippen LogP contribution in [0.25, 0.3) is 5.65 Å². The van der Waals surface area contributed by atoms with Crippen molar-refractivity contribution in [3.63, 3.8) is 0 Å². The average molecular weight is 393 g/mol. The van der Waals surface area contributed by atoms with Crippen molar-refractivity contribution in [1.82, 2.24) is 25.3 Å². The van der Waals surface area contributed by atoms with Crippen LogP contribution in [0.5, 0.6) is 0 Å². The third-order valence-corrected chi connectivity index (χ3v) is 7.33. The van der Waals surface area contributed by atoms with Gasteiger partial charge in [-0.3, -0.25) is 4.79 Å². The first-order valence-corrected chi connectivity index (χ1v) is 10.9. The number of tetrazole rings is 1. The van der Waals surface area contributed by atoms with Crippen molar-refractivity contribution in [2.75, 3.05) is 36.1 Å². The number of amides is 1. The Morgan fingerprint density at radius 3 is 2.85 bits per heavy atom. The van der Waals surface area contributed by atoms with Crippen LogP contribution in [0.1, 0.15) is 26.7 Å². The van der Waals surface area contributed by atoms with Gasteiger partial charge in [0.15, 0.2) is 11.5 Å². The fraction of sp³-hybridized carbons (Fsp3) is 0.688. The van der Waals surface area contributed by atoms with E-state index in [-0.39, 0.29) is 17.4 Å². The third-order valence-electron chi connectivity index (χ3n) is 5.13. The molecule has 2 aromatic rings. The monoisotopic (exact) mass is 393 g/mol. The van der Waals surface area contributed by atoms with Gasteiger partial charge in [-0.25, -0.2) is 4.21 Å². The first-order chi connectivity index (χ1) is 12.9. The zero-order chi connectivity index (χ0) is 19.1. The molecule has 0 N–H and O–H groups in total. The topological polar surface area (TPSA) is 115 Å². The van der Waals surface area contributed by atoms with E-state index in [1.807, 2.05) is 12.1 Å². The minimum absolute atomic E-state index is 0.229. The van der Waals surface area contributed by atoms with E-state index < -0.39 is 9.73 Å². The molecule has 1 amide bonds. The van der Waals surface area contributed by atoms with E-state index in [1.54, 1.807) is 13.8 Å². The molecule has 0 aliphatic carbocycles. The minimum atomic E-state index is -2.48. The fourth-order valence-electron chi connectivity index (χ4n) is 3.43. The molecule has 2 fully saturated rings. The number of morpholine rings is 1. The average Bonchev–Trinajstić information content (AvgIpc) is 3.12. The highest BCUT2D eigenvalue weighted by Gasteiger charge is 2.42. The normalized spacial score (nSPS) is 28.8. The number of hydrogen-bond donors (Lipinski definition) is 0. The number of nitrogens with zero attached hydrogens (tertiary/aromatic N) is 7. The number of fused-ring (bicyclic) bond motifs is 1. The molecular formula is C16H23N7O3S. The van der Waals surface area contributed by atoms with Crippen molar-refractivity contribution in [3.8, 4) is 0 Å². The zero-order valence-corrected chi connectivity index (χ0v) is 16.3. The van der Waals surface area contributed by atoms with Crippen LogP contribution in [0.15, 0.2) is 16.5 Å². The van der Waals surface area contributed by atoms with Crippen LogP contribution in [-0.2, 0) is 19.3 Å². The molecule has 11 heteroatoms. The second-order valence-electron chi connectivity index (χ2n) is 7.44. The summed E-state index contributed by atoms with van der Waals surface area (Å²) in [6.45, 7) is 5.49. The van der Waals surface area contributed by atoms with Crippen molar-refractivity contribution in [1.29, 1.82) is 0 Å². The standard InChI is InChI=1S/C16H23N7O3S/c1-12(2)15(24)19-27(25)9-5-16(6-10-27)11-22(7-8-26-16)14-4-3-13-17-20-21-23(13)18-14/h3-4,12H,5-11H2,1-2H3. The Kier molecular flexibility index (Phi) is 4.58. The summed E-state index contributed by atoms with van der Waals surface area (Å²) in [4.78, 5) is 14.0. The Labute approximate surface area is 157 Å². The quantitative estimate of drug-likeness (QED) is 0.726. The van der Waals surface area contributed by atoms with Crippen LogP contribution < -0.4 is 4.90 Å². The Morgan fingerprint density at radius 2 is 2.11 bits per heavy atom. The number of rotatable bonds is 2. The molecule has 0 unspecified atom stereocenters. The van der Waals surface area contributed by atoms with Gasteiger partial charge in [0.25, 0.3) is 5.91 Å². The molecule has 146 valence electrons. The Balaban J connectivity index is 1.50. The van der Waals surface area contributed by atoms with Gasteiger partial charge in [0.1, 0.15) is 0 Å². The second-order valence-corrected chi connectivity index (χ2v) is 9.98. The molecule has 2 aromatic heterocycles. The second kappa shape index (κ2) is 6.79. The molecule has 0 radical (unpaired) electrons. The third kappa shape index (κ3) is 3.65. The van der Waals surface area contributed by atoms with Crippen molar-refractivity contribution >= 4 is 27.1 Å². The Bertz CT molecular complexity index is 965. The van der Waals surface area contributed by atoms with Crippen molar-refractivity contribution in [2.24, 2.45) is 10.3 Å². The van der Waals surface area contributed by atoms with Gasteiger partial charge < -0.3 is 9.64 Å². The summed E-state index contributed by atoms with van der Waals surface area (Å²) >= 11 is 0. The fourth-order valence-corrected chi connectivity index (χ4v) is 5.74. The number of aromatic nitrogens is 5.